The number of hydrogen-bond acceptors (Lipinski definition) is 3. The van der Waals surface area contributed by atoms with Crippen molar-refractivity contribution >= 4 is 31.6 Å². The molecule has 0 spiro atoms. The number of aryl methyl sites for hydroxylation is 3. The van der Waals surface area contributed by atoms with Gasteiger partial charge in [0.25, 0.3) is 0 Å². The quantitative estimate of drug-likeness (QED) is 0.878. The molecule has 2 rings (SSSR count). The van der Waals surface area contributed by atoms with Crippen LogP contribution in [0, 0.1) is 13.8 Å². The molecule has 0 aliphatic rings. The maximum atomic E-state index is 12.2. The first-order valence-corrected chi connectivity index (χ1v) is 8.98. The van der Waals surface area contributed by atoms with Crippen LogP contribution in [0.1, 0.15) is 16.7 Å². The minimum atomic E-state index is -3.39. The van der Waals surface area contributed by atoms with Crippen LogP contribution < -0.4 is 4.72 Å². The highest BCUT2D eigenvalue weighted by molar-refractivity contribution is 9.10. The molecule has 0 saturated heterocycles. The molecule has 0 saturated carbocycles. The molecule has 1 aromatic heterocycles. The third-order valence-electron chi connectivity index (χ3n) is 3.10. The highest BCUT2D eigenvalue weighted by Crippen LogP contribution is 2.28. The summed E-state index contributed by atoms with van der Waals surface area (Å²) in [6.45, 7) is 3.86. The summed E-state index contributed by atoms with van der Waals surface area (Å²) in [5, 5.41) is 0. The Morgan fingerprint density at radius 2 is 1.86 bits per heavy atom. The Morgan fingerprint density at radius 3 is 2.48 bits per heavy atom. The van der Waals surface area contributed by atoms with Crippen LogP contribution >= 0.6 is 15.9 Å². The van der Waals surface area contributed by atoms with Crippen LogP contribution in [0.5, 0.6) is 0 Å². The normalized spacial score (nSPS) is 11.4. The zero-order valence-corrected chi connectivity index (χ0v) is 14.3. The van der Waals surface area contributed by atoms with Crippen LogP contribution in [0.3, 0.4) is 0 Å². The summed E-state index contributed by atoms with van der Waals surface area (Å²) < 4.78 is 27.8. The number of aromatic nitrogens is 1. The smallest absolute Gasteiger partial charge is 0.233 e. The minimum Gasteiger partial charge on any atom is -0.282 e. The van der Waals surface area contributed by atoms with Gasteiger partial charge in [-0.05, 0) is 71.1 Å². The minimum absolute atomic E-state index is 0.0385. The molecule has 0 aliphatic heterocycles. The van der Waals surface area contributed by atoms with E-state index in [1.165, 1.54) is 0 Å². The summed E-state index contributed by atoms with van der Waals surface area (Å²) in [5.41, 5.74) is 3.54. The van der Waals surface area contributed by atoms with Gasteiger partial charge in [0.2, 0.25) is 10.0 Å². The molecule has 0 unspecified atom stereocenters. The molecule has 1 aromatic carbocycles. The van der Waals surface area contributed by atoms with Gasteiger partial charge in [0.1, 0.15) is 0 Å². The first-order valence-electron chi connectivity index (χ1n) is 6.53. The predicted molar refractivity (Wildman–Crippen MR) is 89.0 cm³/mol. The summed E-state index contributed by atoms with van der Waals surface area (Å²) in [5.74, 6) is 0.0385. The predicted octanol–water partition coefficient (Wildman–Crippen LogP) is 3.45. The van der Waals surface area contributed by atoms with Gasteiger partial charge in [-0.15, -0.1) is 0 Å². The molecule has 0 fully saturated rings. The van der Waals surface area contributed by atoms with E-state index in [1.807, 2.05) is 38.1 Å². The number of anilines is 1. The molecule has 0 aliphatic carbocycles. The molecule has 0 amide bonds. The van der Waals surface area contributed by atoms with Crippen LogP contribution in [-0.2, 0) is 16.4 Å². The van der Waals surface area contributed by atoms with E-state index in [9.17, 15) is 8.42 Å². The average molecular weight is 369 g/mol. The van der Waals surface area contributed by atoms with Crippen LogP contribution in [0.25, 0.3) is 0 Å². The van der Waals surface area contributed by atoms with Crippen molar-refractivity contribution in [3.05, 3.63) is 57.8 Å². The van der Waals surface area contributed by atoms with Crippen molar-refractivity contribution in [2.45, 2.75) is 20.3 Å². The van der Waals surface area contributed by atoms with E-state index in [0.29, 0.717) is 12.1 Å². The van der Waals surface area contributed by atoms with Crippen molar-refractivity contribution < 1.29 is 8.42 Å². The van der Waals surface area contributed by atoms with E-state index in [4.69, 9.17) is 0 Å². The zero-order chi connectivity index (χ0) is 15.5. The monoisotopic (exact) mass is 368 g/mol. The molecule has 21 heavy (non-hydrogen) atoms. The number of halogens is 1. The van der Waals surface area contributed by atoms with Gasteiger partial charge in [-0.1, -0.05) is 6.07 Å². The van der Waals surface area contributed by atoms with E-state index in [-0.39, 0.29) is 5.75 Å². The Morgan fingerprint density at radius 1 is 1.19 bits per heavy atom. The Bertz CT molecular complexity index is 708. The van der Waals surface area contributed by atoms with Crippen molar-refractivity contribution in [1.29, 1.82) is 0 Å². The van der Waals surface area contributed by atoms with Gasteiger partial charge in [0.05, 0.1) is 11.4 Å². The second kappa shape index (κ2) is 6.58. The molecule has 0 atom stereocenters. The van der Waals surface area contributed by atoms with Crippen LogP contribution in [-0.4, -0.2) is 19.2 Å². The maximum Gasteiger partial charge on any atom is 0.233 e. The zero-order valence-electron chi connectivity index (χ0n) is 11.9. The number of hydrogen-bond donors (Lipinski definition) is 1. The maximum absolute atomic E-state index is 12.2. The second-order valence-corrected chi connectivity index (χ2v) is 7.66. The van der Waals surface area contributed by atoms with Gasteiger partial charge in [0, 0.05) is 16.9 Å². The third kappa shape index (κ3) is 4.54. The lowest BCUT2D eigenvalue weighted by Crippen LogP contribution is -2.19. The molecular weight excluding hydrogens is 352 g/mol. The first-order chi connectivity index (χ1) is 9.87. The van der Waals surface area contributed by atoms with E-state index >= 15 is 0 Å². The van der Waals surface area contributed by atoms with Crippen molar-refractivity contribution in [3.8, 4) is 0 Å². The third-order valence-corrected chi connectivity index (χ3v) is 4.98. The first kappa shape index (κ1) is 16.0. The molecule has 1 heterocycles. The fourth-order valence-corrected chi connectivity index (χ4v) is 4.15. The van der Waals surface area contributed by atoms with Gasteiger partial charge < -0.3 is 0 Å². The number of pyridine rings is 1. The van der Waals surface area contributed by atoms with Crippen molar-refractivity contribution in [2.75, 3.05) is 10.5 Å². The number of nitrogens with zero attached hydrogens (tertiary/aromatic N) is 1. The number of rotatable bonds is 5. The fourth-order valence-electron chi connectivity index (χ4n) is 2.05. The Labute approximate surface area is 133 Å². The molecule has 6 heteroatoms. The molecule has 0 radical (unpaired) electrons. The van der Waals surface area contributed by atoms with Crippen molar-refractivity contribution in [2.24, 2.45) is 0 Å². The summed E-state index contributed by atoms with van der Waals surface area (Å²) in [6, 6.07) is 7.49. The van der Waals surface area contributed by atoms with E-state index in [1.54, 1.807) is 12.4 Å². The number of sulfonamides is 1. The van der Waals surface area contributed by atoms with E-state index in [0.717, 1.165) is 21.2 Å². The molecule has 0 bridgehead atoms. The van der Waals surface area contributed by atoms with Gasteiger partial charge in [-0.3, -0.25) is 9.71 Å². The SMILES string of the molecule is Cc1cc(C)c(NS(=O)(=O)CCc2ccncc2)c(Br)c1. The summed E-state index contributed by atoms with van der Waals surface area (Å²) >= 11 is 3.41. The Hall–Kier alpha value is -1.40. The Kier molecular flexibility index (Phi) is 5.00. The van der Waals surface area contributed by atoms with Crippen molar-refractivity contribution in [1.82, 2.24) is 4.98 Å². The van der Waals surface area contributed by atoms with Gasteiger partial charge in [-0.2, -0.15) is 0 Å². The fraction of sp³-hybridized carbons (Fsp3) is 0.267. The summed E-state index contributed by atoms with van der Waals surface area (Å²) in [4.78, 5) is 3.92. The number of benzene rings is 1. The van der Waals surface area contributed by atoms with Crippen LogP contribution in [0.4, 0.5) is 5.69 Å². The van der Waals surface area contributed by atoms with E-state index in [2.05, 4.69) is 25.6 Å². The lowest BCUT2D eigenvalue weighted by Gasteiger charge is -2.13. The molecular formula is C15H17BrN2O2S. The van der Waals surface area contributed by atoms with E-state index < -0.39 is 10.0 Å². The summed E-state index contributed by atoms with van der Waals surface area (Å²) in [7, 11) is -3.39. The molecule has 2 aromatic rings. The largest absolute Gasteiger partial charge is 0.282 e. The van der Waals surface area contributed by atoms with Crippen molar-refractivity contribution in [3.63, 3.8) is 0 Å². The number of nitrogens with one attached hydrogen (secondary N) is 1. The molecule has 4 nitrogen and oxygen atoms in total. The Balaban J connectivity index is 2.11. The highest BCUT2D eigenvalue weighted by Gasteiger charge is 2.14. The topological polar surface area (TPSA) is 59.1 Å². The van der Waals surface area contributed by atoms with Gasteiger partial charge >= 0.3 is 0 Å². The molecule has 1 N–H and O–H groups in total. The second-order valence-electron chi connectivity index (χ2n) is 4.97. The summed E-state index contributed by atoms with van der Waals surface area (Å²) in [6.07, 6.45) is 3.78. The van der Waals surface area contributed by atoms with Crippen LogP contribution in [0.2, 0.25) is 0 Å². The highest BCUT2D eigenvalue weighted by atomic mass is 79.9. The standard InChI is InChI=1S/C15H17BrN2O2S/c1-11-9-12(2)15(14(16)10-11)18-21(19,20)8-5-13-3-6-17-7-4-13/h3-4,6-7,9-10,18H,5,8H2,1-2H3. The lowest BCUT2D eigenvalue weighted by molar-refractivity contribution is 0.600. The average Bonchev–Trinajstić information content (AvgIpc) is 2.42. The van der Waals surface area contributed by atoms with Crippen LogP contribution in [0.15, 0.2) is 41.1 Å². The van der Waals surface area contributed by atoms with Gasteiger partial charge in [-0.25, -0.2) is 8.42 Å². The molecule has 112 valence electrons. The lowest BCUT2D eigenvalue weighted by atomic mass is 10.1. The van der Waals surface area contributed by atoms with Gasteiger partial charge in [0.15, 0.2) is 0 Å².